The Labute approximate surface area is 289 Å². The minimum Gasteiger partial charge on any atom is -0.507 e. The lowest BCUT2D eigenvalue weighted by atomic mass is 9.80. The summed E-state index contributed by atoms with van der Waals surface area (Å²) >= 11 is 0. The maximum atomic E-state index is 11.6. The van der Waals surface area contributed by atoms with Crippen molar-refractivity contribution in [1.82, 2.24) is 0 Å². The molecular weight excluding hydrogens is 592 g/mol. The van der Waals surface area contributed by atoms with Crippen LogP contribution in [0.3, 0.4) is 0 Å². The molecule has 4 aromatic rings. The van der Waals surface area contributed by atoms with Crippen LogP contribution in [0.15, 0.2) is 54.6 Å². The highest BCUT2D eigenvalue weighted by molar-refractivity contribution is 5.56. The molecule has 0 aliphatic carbocycles. The van der Waals surface area contributed by atoms with E-state index in [2.05, 4.69) is 107 Å². The summed E-state index contributed by atoms with van der Waals surface area (Å²) in [5, 5.41) is 45.9. The van der Waals surface area contributed by atoms with Gasteiger partial charge in [0.05, 0.1) is 0 Å². The molecule has 0 unspecified atom stereocenters. The van der Waals surface area contributed by atoms with Gasteiger partial charge in [-0.25, -0.2) is 0 Å². The maximum absolute atomic E-state index is 11.6. The molecule has 0 aromatic heterocycles. The molecule has 0 saturated heterocycles. The van der Waals surface area contributed by atoms with Crippen molar-refractivity contribution in [3.05, 3.63) is 116 Å². The van der Waals surface area contributed by atoms with E-state index >= 15 is 0 Å². The van der Waals surface area contributed by atoms with Crippen LogP contribution < -0.4 is 0 Å². The van der Waals surface area contributed by atoms with E-state index in [9.17, 15) is 20.4 Å². The highest BCUT2D eigenvalue weighted by Gasteiger charge is 2.27. The van der Waals surface area contributed by atoms with Crippen molar-refractivity contribution in [3.8, 4) is 23.0 Å². The summed E-state index contributed by atoms with van der Waals surface area (Å²) in [6, 6.07) is 18.2. The van der Waals surface area contributed by atoms with Crippen LogP contribution in [0.25, 0.3) is 0 Å². The third-order valence-corrected chi connectivity index (χ3v) is 9.35. The summed E-state index contributed by atoms with van der Waals surface area (Å²) in [6.07, 6.45) is 1.39. The molecule has 4 rings (SSSR count). The Kier molecular flexibility index (Phi) is 9.87. The predicted molar refractivity (Wildman–Crippen MR) is 200 cm³/mol. The lowest BCUT2D eigenvalue weighted by Crippen LogP contribution is -2.15. The summed E-state index contributed by atoms with van der Waals surface area (Å²) in [6.45, 7) is 27.2. The van der Waals surface area contributed by atoms with Crippen LogP contribution in [0, 0.1) is 6.92 Å². The van der Waals surface area contributed by atoms with Gasteiger partial charge in [-0.15, -0.1) is 0 Å². The molecule has 0 fully saturated rings. The SMILES string of the molecule is Cc1cc(Cc2cc(Cc3cc(Cc4cccc(C(C)(C)C)c4O)c(O)c(C(C)(C)C)c3)cc(C(C)(C)C)c2O)c(O)c(C(C)(C)C)c1. The van der Waals surface area contributed by atoms with Crippen molar-refractivity contribution in [2.45, 2.75) is 131 Å². The molecule has 48 heavy (non-hydrogen) atoms. The zero-order valence-electron chi connectivity index (χ0n) is 31.6. The molecule has 258 valence electrons. The molecule has 0 aliphatic heterocycles. The summed E-state index contributed by atoms with van der Waals surface area (Å²) in [7, 11) is 0. The fourth-order valence-electron chi connectivity index (χ4n) is 6.68. The molecular formula is C44H58O4. The largest absolute Gasteiger partial charge is 0.507 e. The molecule has 0 spiro atoms. The quantitative estimate of drug-likeness (QED) is 0.167. The highest BCUT2D eigenvalue weighted by atomic mass is 16.3. The summed E-state index contributed by atoms with van der Waals surface area (Å²) < 4.78 is 0. The Morgan fingerprint density at radius 2 is 0.750 bits per heavy atom. The van der Waals surface area contributed by atoms with E-state index in [1.165, 1.54) is 0 Å². The number of benzene rings is 4. The fraction of sp³-hybridized carbons (Fsp3) is 0.455. The number of phenolic OH excluding ortho intramolecular Hbond substituents is 4. The van der Waals surface area contributed by atoms with Gasteiger partial charge < -0.3 is 20.4 Å². The van der Waals surface area contributed by atoms with E-state index in [0.29, 0.717) is 19.3 Å². The van der Waals surface area contributed by atoms with Crippen molar-refractivity contribution in [2.24, 2.45) is 0 Å². The molecule has 0 amide bonds. The van der Waals surface area contributed by atoms with Gasteiger partial charge in [-0.05, 0) is 90.6 Å². The average molecular weight is 651 g/mol. The standard InChI is InChI=1S/C44H58O4/c1-26-17-30(38(46)34(18-26)42(5,6)7)25-32-21-28(23-36(40(32)48)44(11,12)13)19-27-20-31(39(47)35(22-27)43(8,9)10)24-29-15-14-16-33(37(29)45)41(2,3)4/h14-18,20-23,45-48H,19,24-25H2,1-13H3. The third kappa shape index (κ3) is 8.02. The molecule has 0 radical (unpaired) electrons. The zero-order chi connectivity index (χ0) is 36.1. The molecule has 0 aliphatic rings. The number of aryl methyl sites for hydroxylation is 1. The van der Waals surface area contributed by atoms with Crippen molar-refractivity contribution in [2.75, 3.05) is 0 Å². The molecule has 0 bridgehead atoms. The van der Waals surface area contributed by atoms with Crippen LogP contribution in [0.4, 0.5) is 0 Å². The second-order valence-electron chi connectivity index (χ2n) is 18.0. The molecule has 0 heterocycles. The lowest BCUT2D eigenvalue weighted by molar-refractivity contribution is 0.434. The minimum atomic E-state index is -0.313. The van der Waals surface area contributed by atoms with Crippen molar-refractivity contribution in [1.29, 1.82) is 0 Å². The van der Waals surface area contributed by atoms with E-state index in [1.54, 1.807) is 0 Å². The fourth-order valence-corrected chi connectivity index (χ4v) is 6.68. The average Bonchev–Trinajstić information content (AvgIpc) is 2.92. The van der Waals surface area contributed by atoms with Gasteiger partial charge >= 0.3 is 0 Å². The van der Waals surface area contributed by atoms with Gasteiger partial charge in [-0.2, -0.15) is 0 Å². The first-order chi connectivity index (χ1) is 21.9. The van der Waals surface area contributed by atoms with Crippen LogP contribution in [0.1, 0.15) is 144 Å². The maximum Gasteiger partial charge on any atom is 0.122 e. The molecule has 0 atom stereocenters. The third-order valence-electron chi connectivity index (χ3n) is 9.35. The van der Waals surface area contributed by atoms with Crippen LogP contribution in [0.5, 0.6) is 23.0 Å². The first-order valence-corrected chi connectivity index (χ1v) is 17.2. The van der Waals surface area contributed by atoms with Crippen LogP contribution in [-0.2, 0) is 40.9 Å². The van der Waals surface area contributed by atoms with Gasteiger partial charge in [0.2, 0.25) is 0 Å². The number of hydrogen-bond donors (Lipinski definition) is 4. The topological polar surface area (TPSA) is 80.9 Å². The molecule has 4 N–H and O–H groups in total. The van der Waals surface area contributed by atoms with Crippen molar-refractivity contribution in [3.63, 3.8) is 0 Å². The van der Waals surface area contributed by atoms with Crippen LogP contribution in [0.2, 0.25) is 0 Å². The number of para-hydroxylation sites is 1. The molecule has 0 saturated carbocycles. The highest BCUT2D eigenvalue weighted by Crippen LogP contribution is 2.42. The first-order valence-electron chi connectivity index (χ1n) is 17.2. The summed E-state index contributed by atoms with van der Waals surface area (Å²) in [5.74, 6) is 1.09. The van der Waals surface area contributed by atoms with E-state index in [1.807, 2.05) is 37.3 Å². The van der Waals surface area contributed by atoms with Gasteiger partial charge in [-0.1, -0.05) is 143 Å². The Morgan fingerprint density at radius 1 is 0.396 bits per heavy atom. The van der Waals surface area contributed by atoms with E-state index in [-0.39, 0.29) is 44.7 Å². The minimum absolute atomic E-state index is 0.217. The monoisotopic (exact) mass is 650 g/mol. The summed E-state index contributed by atoms with van der Waals surface area (Å²) in [4.78, 5) is 0. The Hall–Kier alpha value is -3.92. The van der Waals surface area contributed by atoms with Gasteiger partial charge in [0.1, 0.15) is 23.0 Å². The number of rotatable bonds is 6. The summed E-state index contributed by atoms with van der Waals surface area (Å²) in [5.41, 5.74) is 8.72. The van der Waals surface area contributed by atoms with Gasteiger partial charge in [0.15, 0.2) is 0 Å². The first kappa shape index (κ1) is 36.9. The van der Waals surface area contributed by atoms with Crippen molar-refractivity contribution >= 4 is 0 Å². The van der Waals surface area contributed by atoms with E-state index < -0.39 is 0 Å². The molecule has 4 aromatic carbocycles. The normalized spacial score (nSPS) is 12.9. The second kappa shape index (κ2) is 12.8. The number of phenols is 4. The lowest BCUT2D eigenvalue weighted by Gasteiger charge is -2.26. The smallest absolute Gasteiger partial charge is 0.122 e. The van der Waals surface area contributed by atoms with Gasteiger partial charge in [0, 0.05) is 12.8 Å². The Bertz CT molecular complexity index is 1820. The Balaban J connectivity index is 1.85. The molecule has 4 nitrogen and oxygen atoms in total. The van der Waals surface area contributed by atoms with Gasteiger partial charge in [0.25, 0.3) is 0 Å². The van der Waals surface area contributed by atoms with Crippen molar-refractivity contribution < 1.29 is 20.4 Å². The molecule has 4 heteroatoms. The van der Waals surface area contributed by atoms with E-state index in [0.717, 1.165) is 61.2 Å². The zero-order valence-corrected chi connectivity index (χ0v) is 31.6. The number of hydrogen-bond acceptors (Lipinski definition) is 4. The van der Waals surface area contributed by atoms with Gasteiger partial charge in [-0.3, -0.25) is 0 Å². The van der Waals surface area contributed by atoms with Crippen LogP contribution >= 0.6 is 0 Å². The van der Waals surface area contributed by atoms with E-state index in [4.69, 9.17) is 0 Å². The van der Waals surface area contributed by atoms with Crippen LogP contribution in [-0.4, -0.2) is 20.4 Å². The number of aromatic hydroxyl groups is 4. The second-order valence-corrected chi connectivity index (χ2v) is 18.0. The predicted octanol–water partition coefficient (Wildman–Crippen LogP) is 10.8. The Morgan fingerprint density at radius 3 is 1.17 bits per heavy atom.